The lowest BCUT2D eigenvalue weighted by Crippen LogP contribution is -2.15. The first-order chi connectivity index (χ1) is 13.1. The molecule has 0 atom stereocenters. The van der Waals surface area contributed by atoms with Gasteiger partial charge in [-0.05, 0) is 48.9 Å². The van der Waals surface area contributed by atoms with Crippen LogP contribution >= 0.6 is 0 Å². The van der Waals surface area contributed by atoms with Crippen molar-refractivity contribution in [3.05, 3.63) is 66.1 Å². The van der Waals surface area contributed by atoms with Crippen LogP contribution in [0.2, 0.25) is 0 Å². The van der Waals surface area contributed by atoms with Crippen LogP contribution in [0.5, 0.6) is 11.5 Å². The Morgan fingerprint density at radius 3 is 2.44 bits per heavy atom. The van der Waals surface area contributed by atoms with E-state index in [1.165, 1.54) is 6.33 Å². The molecule has 0 saturated heterocycles. The minimum absolute atomic E-state index is 0.240. The predicted octanol–water partition coefficient (Wildman–Crippen LogP) is 3.80. The van der Waals surface area contributed by atoms with Crippen molar-refractivity contribution in [3.8, 4) is 11.5 Å². The van der Waals surface area contributed by atoms with Gasteiger partial charge in [0.1, 0.15) is 29.3 Å². The van der Waals surface area contributed by atoms with Crippen molar-refractivity contribution in [3.63, 3.8) is 0 Å². The number of nitrogens with zero attached hydrogens (tertiary/aromatic N) is 2. The maximum Gasteiger partial charge on any atom is 0.274 e. The zero-order valence-electron chi connectivity index (χ0n) is 15.3. The van der Waals surface area contributed by atoms with Crippen LogP contribution in [-0.4, -0.2) is 30.1 Å². The Morgan fingerprint density at radius 1 is 0.963 bits per heavy atom. The second-order valence-electron chi connectivity index (χ2n) is 5.80. The van der Waals surface area contributed by atoms with E-state index in [0.29, 0.717) is 17.3 Å². The first-order valence-corrected chi connectivity index (χ1v) is 8.28. The number of ether oxygens (including phenoxy) is 2. The Bertz CT molecular complexity index is 942. The molecule has 0 aliphatic carbocycles. The lowest BCUT2D eigenvalue weighted by atomic mass is 10.2. The minimum Gasteiger partial charge on any atom is -0.497 e. The summed E-state index contributed by atoms with van der Waals surface area (Å²) in [5.74, 6) is 1.51. The van der Waals surface area contributed by atoms with E-state index in [1.807, 2.05) is 49.4 Å². The van der Waals surface area contributed by atoms with Crippen molar-refractivity contribution in [1.82, 2.24) is 9.97 Å². The molecule has 7 heteroatoms. The third kappa shape index (κ3) is 4.52. The smallest absolute Gasteiger partial charge is 0.274 e. The fourth-order valence-electron chi connectivity index (χ4n) is 2.48. The summed E-state index contributed by atoms with van der Waals surface area (Å²) in [6.45, 7) is 1.94. The Morgan fingerprint density at radius 2 is 1.74 bits per heavy atom. The molecule has 0 bridgehead atoms. The monoisotopic (exact) mass is 364 g/mol. The van der Waals surface area contributed by atoms with E-state index in [4.69, 9.17) is 9.47 Å². The molecule has 0 aliphatic heterocycles. The van der Waals surface area contributed by atoms with E-state index in [9.17, 15) is 4.79 Å². The van der Waals surface area contributed by atoms with Gasteiger partial charge in [-0.25, -0.2) is 9.97 Å². The van der Waals surface area contributed by atoms with Crippen molar-refractivity contribution < 1.29 is 14.3 Å². The molecular formula is C20H20N4O3. The van der Waals surface area contributed by atoms with Crippen LogP contribution in [-0.2, 0) is 0 Å². The van der Waals surface area contributed by atoms with Crippen molar-refractivity contribution in [2.75, 3.05) is 24.9 Å². The number of anilines is 3. The number of aryl methyl sites for hydroxylation is 1. The molecule has 1 heterocycles. The molecule has 3 aromatic rings. The number of rotatable bonds is 6. The quantitative estimate of drug-likeness (QED) is 0.692. The molecule has 2 aromatic carbocycles. The molecule has 0 radical (unpaired) electrons. The highest BCUT2D eigenvalue weighted by Crippen LogP contribution is 2.26. The molecule has 1 aromatic heterocycles. The van der Waals surface area contributed by atoms with Crippen molar-refractivity contribution in [2.24, 2.45) is 0 Å². The highest BCUT2D eigenvalue weighted by atomic mass is 16.5. The highest BCUT2D eigenvalue weighted by molar-refractivity contribution is 6.04. The van der Waals surface area contributed by atoms with Gasteiger partial charge in [0.15, 0.2) is 0 Å². The Balaban J connectivity index is 1.76. The van der Waals surface area contributed by atoms with Crippen molar-refractivity contribution >= 4 is 23.1 Å². The summed E-state index contributed by atoms with van der Waals surface area (Å²) in [5.41, 5.74) is 2.66. The molecule has 0 unspecified atom stereocenters. The maximum absolute atomic E-state index is 12.6. The fraction of sp³-hybridized carbons (Fsp3) is 0.150. The summed E-state index contributed by atoms with van der Waals surface area (Å²) >= 11 is 0. The van der Waals surface area contributed by atoms with Crippen LogP contribution in [0.3, 0.4) is 0 Å². The molecule has 3 rings (SSSR count). The van der Waals surface area contributed by atoms with E-state index in [-0.39, 0.29) is 11.6 Å². The average molecular weight is 364 g/mol. The fourth-order valence-corrected chi connectivity index (χ4v) is 2.48. The van der Waals surface area contributed by atoms with Gasteiger partial charge in [-0.15, -0.1) is 0 Å². The summed E-state index contributed by atoms with van der Waals surface area (Å²) in [6.07, 6.45) is 1.34. The second-order valence-corrected chi connectivity index (χ2v) is 5.80. The van der Waals surface area contributed by atoms with Gasteiger partial charge in [-0.3, -0.25) is 4.79 Å². The van der Waals surface area contributed by atoms with Crippen LogP contribution in [0, 0.1) is 6.92 Å². The minimum atomic E-state index is -0.348. The SMILES string of the molecule is COc1ccc(Nc2cc(C(=O)Nc3cc(C)ccc3OC)ncn2)cc1. The van der Waals surface area contributed by atoms with E-state index in [0.717, 1.165) is 17.0 Å². The van der Waals surface area contributed by atoms with Crippen molar-refractivity contribution in [2.45, 2.75) is 6.92 Å². The van der Waals surface area contributed by atoms with Crippen LogP contribution in [0.1, 0.15) is 16.1 Å². The molecule has 138 valence electrons. The molecule has 2 N–H and O–H groups in total. The molecule has 0 aliphatic rings. The molecule has 0 fully saturated rings. The maximum atomic E-state index is 12.6. The van der Waals surface area contributed by atoms with Gasteiger partial charge in [-0.1, -0.05) is 6.07 Å². The first-order valence-electron chi connectivity index (χ1n) is 8.28. The standard InChI is InChI=1S/C20H20N4O3/c1-13-4-9-18(27-3)16(10-13)24-20(25)17-11-19(22-12-21-17)23-14-5-7-15(26-2)8-6-14/h4-12H,1-3H3,(H,24,25)(H,21,22,23). The number of nitrogens with one attached hydrogen (secondary N) is 2. The van der Waals surface area contributed by atoms with Gasteiger partial charge in [0.25, 0.3) is 5.91 Å². The van der Waals surface area contributed by atoms with E-state index in [2.05, 4.69) is 20.6 Å². The predicted molar refractivity (Wildman–Crippen MR) is 104 cm³/mol. The molecule has 1 amide bonds. The van der Waals surface area contributed by atoms with Gasteiger partial charge >= 0.3 is 0 Å². The zero-order chi connectivity index (χ0) is 19.2. The first kappa shape index (κ1) is 18.2. The molecule has 7 nitrogen and oxygen atoms in total. The number of carbonyl (C=O) groups is 1. The van der Waals surface area contributed by atoms with E-state index >= 15 is 0 Å². The zero-order valence-corrected chi connectivity index (χ0v) is 15.3. The number of amides is 1. The lowest BCUT2D eigenvalue weighted by molar-refractivity contribution is 0.102. The van der Waals surface area contributed by atoms with Gasteiger partial charge in [0, 0.05) is 11.8 Å². The van der Waals surface area contributed by atoms with Crippen molar-refractivity contribution in [1.29, 1.82) is 0 Å². The third-order valence-corrected chi connectivity index (χ3v) is 3.87. The summed E-state index contributed by atoms with van der Waals surface area (Å²) in [4.78, 5) is 20.8. The van der Waals surface area contributed by atoms with Crippen LogP contribution < -0.4 is 20.1 Å². The Labute approximate surface area is 157 Å². The number of benzene rings is 2. The van der Waals surface area contributed by atoms with E-state index < -0.39 is 0 Å². The highest BCUT2D eigenvalue weighted by Gasteiger charge is 2.12. The third-order valence-electron chi connectivity index (χ3n) is 3.87. The van der Waals surface area contributed by atoms with Crippen LogP contribution in [0.4, 0.5) is 17.2 Å². The topological polar surface area (TPSA) is 85.4 Å². The number of methoxy groups -OCH3 is 2. The molecule has 0 saturated carbocycles. The summed E-state index contributed by atoms with van der Waals surface area (Å²) < 4.78 is 10.4. The van der Waals surface area contributed by atoms with Gasteiger partial charge < -0.3 is 20.1 Å². The van der Waals surface area contributed by atoms with Gasteiger partial charge in [0.05, 0.1) is 19.9 Å². The summed E-state index contributed by atoms with van der Waals surface area (Å²) in [5, 5.41) is 5.96. The van der Waals surface area contributed by atoms with E-state index in [1.54, 1.807) is 20.3 Å². The molecular weight excluding hydrogens is 344 g/mol. The van der Waals surface area contributed by atoms with Crippen LogP contribution in [0.15, 0.2) is 54.9 Å². The second kappa shape index (κ2) is 8.18. The number of carbonyl (C=O) groups excluding carboxylic acids is 1. The number of hydrogen-bond acceptors (Lipinski definition) is 6. The largest absolute Gasteiger partial charge is 0.497 e. The molecule has 0 spiro atoms. The van der Waals surface area contributed by atoms with Crippen LogP contribution in [0.25, 0.3) is 0 Å². The Hall–Kier alpha value is -3.61. The molecule has 27 heavy (non-hydrogen) atoms. The summed E-state index contributed by atoms with van der Waals surface area (Å²) in [6, 6.07) is 14.5. The number of aromatic nitrogens is 2. The van der Waals surface area contributed by atoms with Gasteiger partial charge in [-0.2, -0.15) is 0 Å². The average Bonchev–Trinajstić information content (AvgIpc) is 2.69. The number of hydrogen-bond donors (Lipinski definition) is 2. The normalized spacial score (nSPS) is 10.2. The lowest BCUT2D eigenvalue weighted by Gasteiger charge is -2.11. The summed E-state index contributed by atoms with van der Waals surface area (Å²) in [7, 11) is 3.17. The Kier molecular flexibility index (Phi) is 5.51. The van der Waals surface area contributed by atoms with Gasteiger partial charge in [0.2, 0.25) is 0 Å².